The van der Waals surface area contributed by atoms with Gasteiger partial charge in [-0.1, -0.05) is 12.1 Å². The number of aromatic amines is 1. The monoisotopic (exact) mass is 316 g/mol. The number of hydrogen-bond donors (Lipinski definition) is 3. The molecule has 0 aliphatic carbocycles. The van der Waals surface area contributed by atoms with Crippen molar-refractivity contribution in [3.8, 4) is 0 Å². The zero-order valence-electron chi connectivity index (χ0n) is 13.9. The number of aliphatic hydroxyl groups is 2. The third-order valence-electron chi connectivity index (χ3n) is 5.08. The van der Waals surface area contributed by atoms with Gasteiger partial charge >= 0.3 is 0 Å². The highest BCUT2D eigenvalue weighted by Crippen LogP contribution is 2.29. The molecule has 0 bridgehead atoms. The van der Waals surface area contributed by atoms with Crippen molar-refractivity contribution in [1.82, 2.24) is 9.88 Å². The lowest BCUT2D eigenvalue weighted by Crippen LogP contribution is -2.47. The number of H-pyrrole nitrogens is 1. The number of aryl methyl sites for hydroxylation is 3. The smallest absolute Gasteiger partial charge is 0.270 e. The summed E-state index contributed by atoms with van der Waals surface area (Å²) in [6.07, 6.45) is -0.0355. The molecule has 0 unspecified atom stereocenters. The third-order valence-corrected chi connectivity index (χ3v) is 5.08. The predicted octanol–water partition coefficient (Wildman–Crippen LogP) is 1.91. The molecule has 5 nitrogen and oxygen atoms in total. The number of benzene rings is 1. The molecule has 0 saturated carbocycles. The molecule has 2 atom stereocenters. The van der Waals surface area contributed by atoms with Crippen LogP contribution in [-0.2, 0) is 0 Å². The van der Waals surface area contributed by atoms with Crippen LogP contribution in [-0.4, -0.2) is 51.8 Å². The van der Waals surface area contributed by atoms with Crippen LogP contribution < -0.4 is 0 Å². The second-order valence-electron chi connectivity index (χ2n) is 6.62. The van der Waals surface area contributed by atoms with Gasteiger partial charge in [-0.3, -0.25) is 4.79 Å². The number of carbonyl (C=O) groups excluding carboxylic acids is 1. The number of nitrogens with zero attached hydrogens (tertiary/aromatic N) is 1. The minimum Gasteiger partial charge on any atom is -0.396 e. The molecule has 2 heterocycles. The average Bonchev–Trinajstić information content (AvgIpc) is 2.89. The number of hydrogen-bond acceptors (Lipinski definition) is 3. The third kappa shape index (κ3) is 2.64. The summed E-state index contributed by atoms with van der Waals surface area (Å²) < 4.78 is 0. The first-order chi connectivity index (χ1) is 10.9. The van der Waals surface area contributed by atoms with Gasteiger partial charge < -0.3 is 20.1 Å². The molecule has 2 aromatic rings. The summed E-state index contributed by atoms with van der Waals surface area (Å²) in [4.78, 5) is 17.8. The van der Waals surface area contributed by atoms with E-state index in [9.17, 15) is 15.0 Å². The molecule has 23 heavy (non-hydrogen) atoms. The average molecular weight is 316 g/mol. The predicted molar refractivity (Wildman–Crippen MR) is 89.6 cm³/mol. The van der Waals surface area contributed by atoms with Crippen LogP contribution in [0.25, 0.3) is 10.9 Å². The van der Waals surface area contributed by atoms with Gasteiger partial charge in [0.25, 0.3) is 5.91 Å². The van der Waals surface area contributed by atoms with Crippen molar-refractivity contribution < 1.29 is 15.0 Å². The Labute approximate surface area is 135 Å². The van der Waals surface area contributed by atoms with Gasteiger partial charge in [0.05, 0.1) is 6.10 Å². The highest BCUT2D eigenvalue weighted by molar-refractivity contribution is 6.02. The number of amides is 1. The first-order valence-corrected chi connectivity index (χ1v) is 8.10. The fraction of sp³-hybridized carbons (Fsp3) is 0.500. The van der Waals surface area contributed by atoms with E-state index in [0.717, 1.165) is 27.6 Å². The van der Waals surface area contributed by atoms with Crippen LogP contribution in [0.2, 0.25) is 0 Å². The molecule has 1 fully saturated rings. The van der Waals surface area contributed by atoms with Gasteiger partial charge in [0.2, 0.25) is 0 Å². The Balaban J connectivity index is 1.95. The van der Waals surface area contributed by atoms with Gasteiger partial charge in [0.1, 0.15) is 5.69 Å². The molecule has 1 amide bonds. The maximum absolute atomic E-state index is 12.9. The SMILES string of the molecule is Cc1ccc(C)c2c(C)c(C(=O)N3CC[C@H](CO)[C@H](O)C3)[nH]c12. The standard InChI is InChI=1S/C18H24N2O3/c1-10-4-5-11(2)16-15(10)12(3)17(19-16)18(23)20-7-6-13(9-21)14(22)8-20/h4-5,13-14,19,21-22H,6-9H2,1-3H3/t13-,14-/m1/s1. The van der Waals surface area contributed by atoms with E-state index in [-0.39, 0.29) is 25.0 Å². The fourth-order valence-corrected chi connectivity index (χ4v) is 3.55. The summed E-state index contributed by atoms with van der Waals surface area (Å²) in [5.74, 6) is -0.208. The molecule has 1 aromatic carbocycles. The van der Waals surface area contributed by atoms with E-state index in [1.165, 1.54) is 0 Å². The Hall–Kier alpha value is -1.85. The highest BCUT2D eigenvalue weighted by atomic mass is 16.3. The van der Waals surface area contributed by atoms with Gasteiger partial charge in [-0.25, -0.2) is 0 Å². The summed E-state index contributed by atoms with van der Waals surface area (Å²) in [6.45, 7) is 6.85. The number of likely N-dealkylation sites (tertiary alicyclic amines) is 1. The van der Waals surface area contributed by atoms with Crippen molar-refractivity contribution in [2.24, 2.45) is 5.92 Å². The lowest BCUT2D eigenvalue weighted by Gasteiger charge is -2.35. The number of piperidine rings is 1. The minimum atomic E-state index is -0.661. The lowest BCUT2D eigenvalue weighted by molar-refractivity contribution is 0.000664. The first-order valence-electron chi connectivity index (χ1n) is 8.10. The van der Waals surface area contributed by atoms with E-state index in [1.807, 2.05) is 20.8 Å². The first kappa shape index (κ1) is 16.0. The van der Waals surface area contributed by atoms with Gasteiger partial charge in [-0.2, -0.15) is 0 Å². The second-order valence-corrected chi connectivity index (χ2v) is 6.62. The van der Waals surface area contributed by atoms with E-state index in [1.54, 1.807) is 4.90 Å². The Kier molecular flexibility index (Phi) is 4.17. The topological polar surface area (TPSA) is 76.6 Å². The van der Waals surface area contributed by atoms with Crippen molar-refractivity contribution in [2.45, 2.75) is 33.3 Å². The Morgan fingerprint density at radius 2 is 2.00 bits per heavy atom. The van der Waals surface area contributed by atoms with E-state index in [4.69, 9.17) is 0 Å². The van der Waals surface area contributed by atoms with Gasteiger partial charge in [0.15, 0.2) is 0 Å². The molecule has 3 N–H and O–H groups in total. The number of aromatic nitrogens is 1. The molecule has 1 aromatic heterocycles. The molecule has 0 radical (unpaired) electrons. The van der Waals surface area contributed by atoms with Gasteiger partial charge in [0, 0.05) is 36.5 Å². The molecular formula is C18H24N2O3. The number of nitrogens with one attached hydrogen (secondary N) is 1. The summed E-state index contributed by atoms with van der Waals surface area (Å²) in [5, 5.41) is 20.4. The zero-order valence-corrected chi connectivity index (χ0v) is 13.9. The highest BCUT2D eigenvalue weighted by Gasteiger charge is 2.31. The Bertz CT molecular complexity index is 750. The van der Waals surface area contributed by atoms with Crippen molar-refractivity contribution in [2.75, 3.05) is 19.7 Å². The molecule has 1 saturated heterocycles. The van der Waals surface area contributed by atoms with E-state index < -0.39 is 6.10 Å². The van der Waals surface area contributed by atoms with Crippen molar-refractivity contribution in [1.29, 1.82) is 0 Å². The number of carbonyl (C=O) groups is 1. The fourth-order valence-electron chi connectivity index (χ4n) is 3.55. The molecule has 124 valence electrons. The van der Waals surface area contributed by atoms with Crippen molar-refractivity contribution >= 4 is 16.8 Å². The van der Waals surface area contributed by atoms with Crippen molar-refractivity contribution in [3.05, 3.63) is 34.5 Å². The molecule has 5 heteroatoms. The summed E-state index contributed by atoms with van der Waals surface area (Å²) in [6, 6.07) is 4.13. The van der Waals surface area contributed by atoms with Crippen molar-refractivity contribution in [3.63, 3.8) is 0 Å². The van der Waals surface area contributed by atoms with Gasteiger partial charge in [-0.05, 0) is 43.9 Å². The number of aliphatic hydroxyl groups excluding tert-OH is 2. The van der Waals surface area contributed by atoms with E-state index in [2.05, 4.69) is 17.1 Å². The Morgan fingerprint density at radius 1 is 1.30 bits per heavy atom. The maximum atomic E-state index is 12.9. The van der Waals surface area contributed by atoms with Crippen LogP contribution >= 0.6 is 0 Å². The largest absolute Gasteiger partial charge is 0.396 e. The van der Waals surface area contributed by atoms with Crippen LogP contribution in [0.15, 0.2) is 12.1 Å². The number of rotatable bonds is 2. The van der Waals surface area contributed by atoms with Crippen LogP contribution in [0.4, 0.5) is 0 Å². The summed E-state index contributed by atoms with van der Waals surface area (Å²) >= 11 is 0. The van der Waals surface area contributed by atoms with Crippen LogP contribution in [0, 0.1) is 26.7 Å². The number of fused-ring (bicyclic) bond motifs is 1. The van der Waals surface area contributed by atoms with Crippen LogP contribution in [0.5, 0.6) is 0 Å². The molecule has 1 aliphatic rings. The second kappa shape index (κ2) is 5.98. The quantitative estimate of drug-likeness (QED) is 0.792. The molecule has 0 spiro atoms. The molecule has 3 rings (SSSR count). The lowest BCUT2D eigenvalue weighted by atomic mass is 9.94. The maximum Gasteiger partial charge on any atom is 0.270 e. The molecule has 1 aliphatic heterocycles. The van der Waals surface area contributed by atoms with Crippen LogP contribution in [0.3, 0.4) is 0 Å². The summed E-state index contributed by atoms with van der Waals surface area (Å²) in [7, 11) is 0. The van der Waals surface area contributed by atoms with Gasteiger partial charge in [-0.15, -0.1) is 0 Å². The minimum absolute atomic E-state index is 0.0347. The molecular weight excluding hydrogens is 292 g/mol. The van der Waals surface area contributed by atoms with E-state index in [0.29, 0.717) is 18.7 Å². The zero-order chi connectivity index (χ0) is 16.7. The van der Waals surface area contributed by atoms with E-state index >= 15 is 0 Å². The number of β-amino-alcohol motifs (C(OH)–C–C–N with tert-alkyl or cyclic N) is 1. The normalized spacial score (nSPS) is 21.9. The van der Waals surface area contributed by atoms with Crippen LogP contribution in [0.1, 0.15) is 33.6 Å². The summed E-state index contributed by atoms with van der Waals surface area (Å²) in [5.41, 5.74) is 4.85. The Morgan fingerprint density at radius 3 is 2.61 bits per heavy atom.